The highest BCUT2D eigenvalue weighted by Gasteiger charge is 2.40. The van der Waals surface area contributed by atoms with E-state index in [1.165, 1.54) is 41.5 Å². The molecule has 0 amide bonds. The van der Waals surface area contributed by atoms with E-state index >= 15 is 0 Å². The van der Waals surface area contributed by atoms with E-state index in [-0.39, 0.29) is 6.10 Å². The number of rotatable bonds is 8. The first kappa shape index (κ1) is 23.3. The molecule has 0 aromatic carbocycles. The van der Waals surface area contributed by atoms with Crippen molar-refractivity contribution >= 4 is 21.6 Å². The highest BCUT2D eigenvalue weighted by Crippen LogP contribution is 2.47. The molecule has 1 saturated carbocycles. The summed E-state index contributed by atoms with van der Waals surface area (Å²) in [5.41, 5.74) is 1.78. The second-order valence-electron chi connectivity index (χ2n) is 9.76. The number of fused-ring (bicyclic) bond motifs is 3. The van der Waals surface area contributed by atoms with E-state index in [0.717, 1.165) is 62.8 Å². The number of ether oxygens (including phenoxy) is 3. The molecular weight excluding hydrogens is 432 g/mol. The van der Waals surface area contributed by atoms with Crippen LogP contribution >= 0.6 is 11.3 Å². The molecule has 1 aliphatic heterocycles. The van der Waals surface area contributed by atoms with Crippen molar-refractivity contribution in [3.63, 3.8) is 0 Å². The molecular formula is C27H38N2O3S. The Morgan fingerprint density at radius 1 is 1.24 bits per heavy atom. The smallest absolute Gasteiger partial charge is 0.131 e. The van der Waals surface area contributed by atoms with Gasteiger partial charge in [0.1, 0.15) is 10.6 Å². The van der Waals surface area contributed by atoms with E-state index in [9.17, 15) is 0 Å². The molecule has 33 heavy (non-hydrogen) atoms. The van der Waals surface area contributed by atoms with Gasteiger partial charge in [0.25, 0.3) is 0 Å². The molecule has 2 aliphatic carbocycles. The summed E-state index contributed by atoms with van der Waals surface area (Å²) >= 11 is 1.85. The van der Waals surface area contributed by atoms with Gasteiger partial charge in [-0.1, -0.05) is 19.1 Å². The van der Waals surface area contributed by atoms with E-state index in [0.29, 0.717) is 18.1 Å². The van der Waals surface area contributed by atoms with Gasteiger partial charge in [-0.25, -0.2) is 4.98 Å². The first-order valence-electron chi connectivity index (χ1n) is 12.8. The third-order valence-corrected chi connectivity index (χ3v) is 9.23. The van der Waals surface area contributed by atoms with Crippen LogP contribution in [0.2, 0.25) is 0 Å². The maximum absolute atomic E-state index is 6.74. The van der Waals surface area contributed by atoms with Gasteiger partial charge in [-0.15, -0.1) is 11.3 Å². The Balaban J connectivity index is 1.30. The molecule has 0 N–H and O–H groups in total. The fourth-order valence-corrected chi connectivity index (χ4v) is 7.38. The zero-order valence-electron chi connectivity index (χ0n) is 20.2. The number of hydrogen-bond acceptors (Lipinski definition) is 6. The zero-order valence-corrected chi connectivity index (χ0v) is 21.0. The Hall–Kier alpha value is -1.47. The van der Waals surface area contributed by atoms with Crippen LogP contribution in [0.3, 0.4) is 0 Å². The van der Waals surface area contributed by atoms with Crippen LogP contribution in [-0.2, 0) is 15.9 Å². The lowest BCUT2D eigenvalue weighted by Crippen LogP contribution is -2.55. The molecule has 3 aliphatic rings. The average Bonchev–Trinajstić information content (AvgIpc) is 3.43. The van der Waals surface area contributed by atoms with Crippen LogP contribution < -0.4 is 4.74 Å². The van der Waals surface area contributed by atoms with Gasteiger partial charge in [0.15, 0.2) is 0 Å². The Morgan fingerprint density at radius 3 is 2.82 bits per heavy atom. The van der Waals surface area contributed by atoms with Gasteiger partial charge < -0.3 is 14.2 Å². The Kier molecular flexibility index (Phi) is 7.36. The molecule has 2 fully saturated rings. The number of thiophene rings is 1. The first-order chi connectivity index (χ1) is 16.2. The van der Waals surface area contributed by atoms with E-state index in [1.807, 2.05) is 30.5 Å². The number of aryl methyl sites for hydroxylation is 1. The fourth-order valence-electron chi connectivity index (χ4n) is 6.13. The second-order valence-corrected chi connectivity index (χ2v) is 10.8. The van der Waals surface area contributed by atoms with E-state index in [2.05, 4.69) is 24.0 Å². The zero-order chi connectivity index (χ0) is 22.7. The molecule has 0 spiro atoms. The Bertz CT molecular complexity index is 958. The van der Waals surface area contributed by atoms with E-state index in [1.54, 1.807) is 0 Å². The van der Waals surface area contributed by atoms with Crippen molar-refractivity contribution in [2.45, 2.75) is 76.4 Å². The lowest BCUT2D eigenvalue weighted by molar-refractivity contribution is -0.0510. The summed E-state index contributed by atoms with van der Waals surface area (Å²) in [5, 5.41) is 1.26. The van der Waals surface area contributed by atoms with Crippen LogP contribution in [0.25, 0.3) is 10.2 Å². The lowest BCUT2D eigenvalue weighted by atomic mass is 9.77. The number of pyridine rings is 1. The average molecular weight is 471 g/mol. The number of morpholine rings is 1. The van der Waals surface area contributed by atoms with Crippen LogP contribution in [0, 0.1) is 0 Å². The highest BCUT2D eigenvalue weighted by molar-refractivity contribution is 7.19. The molecule has 5 nitrogen and oxygen atoms in total. The fraction of sp³-hybridized carbons (Fsp3) is 0.667. The van der Waals surface area contributed by atoms with Gasteiger partial charge in [-0.2, -0.15) is 0 Å². The van der Waals surface area contributed by atoms with Crippen molar-refractivity contribution in [1.82, 2.24) is 9.88 Å². The first-order valence-corrected chi connectivity index (χ1v) is 13.6. The van der Waals surface area contributed by atoms with Crippen LogP contribution in [0.5, 0.6) is 5.75 Å². The summed E-state index contributed by atoms with van der Waals surface area (Å²) in [5.74, 6) is 1.49. The van der Waals surface area contributed by atoms with Crippen molar-refractivity contribution in [2.24, 2.45) is 0 Å². The van der Waals surface area contributed by atoms with Gasteiger partial charge in [0.05, 0.1) is 37.9 Å². The normalized spacial score (nSPS) is 28.5. The number of allylic oxidation sites excluding steroid dienone is 1. The van der Waals surface area contributed by atoms with Crippen molar-refractivity contribution in [1.29, 1.82) is 0 Å². The molecule has 5 rings (SSSR count). The van der Waals surface area contributed by atoms with Gasteiger partial charge in [0, 0.05) is 35.6 Å². The van der Waals surface area contributed by atoms with Gasteiger partial charge >= 0.3 is 0 Å². The summed E-state index contributed by atoms with van der Waals surface area (Å²) < 4.78 is 18.3. The molecule has 2 aromatic heterocycles. The minimum absolute atomic E-state index is 0.290. The predicted molar refractivity (Wildman–Crippen MR) is 135 cm³/mol. The van der Waals surface area contributed by atoms with Crippen molar-refractivity contribution < 1.29 is 14.2 Å². The molecule has 0 radical (unpaired) electrons. The van der Waals surface area contributed by atoms with E-state index in [4.69, 9.17) is 19.2 Å². The summed E-state index contributed by atoms with van der Waals surface area (Å²) in [6.45, 7) is 9.76. The highest BCUT2D eigenvalue weighted by atomic mass is 32.1. The maximum Gasteiger partial charge on any atom is 0.131 e. The minimum Gasteiger partial charge on any atom is -0.490 e. The molecule has 2 aromatic rings. The lowest BCUT2D eigenvalue weighted by Gasteiger charge is -2.49. The van der Waals surface area contributed by atoms with Crippen molar-refractivity contribution in [3.05, 3.63) is 34.9 Å². The van der Waals surface area contributed by atoms with Crippen molar-refractivity contribution in [3.8, 4) is 5.75 Å². The number of aromatic nitrogens is 1. The molecule has 180 valence electrons. The Morgan fingerprint density at radius 2 is 2.06 bits per heavy atom. The third-order valence-electron chi connectivity index (χ3n) is 8.06. The van der Waals surface area contributed by atoms with Crippen LogP contribution in [0.1, 0.15) is 68.7 Å². The third kappa shape index (κ3) is 4.72. The largest absolute Gasteiger partial charge is 0.490 e. The SMILES string of the molecule is C/C=C/COC[C@H]1CCc2sc3nccc(OC4CCC(CC)(N5CCOCC5)CC4)c3c21. The summed E-state index contributed by atoms with van der Waals surface area (Å²) in [7, 11) is 0. The quantitative estimate of drug-likeness (QED) is 0.365. The van der Waals surface area contributed by atoms with Crippen molar-refractivity contribution in [2.75, 3.05) is 39.5 Å². The molecule has 1 atom stereocenters. The van der Waals surface area contributed by atoms with Gasteiger partial charge in [-0.05, 0) is 63.5 Å². The van der Waals surface area contributed by atoms with Gasteiger partial charge in [-0.3, -0.25) is 4.90 Å². The molecule has 6 heteroatoms. The summed E-state index contributed by atoms with van der Waals surface area (Å²) in [6.07, 6.45) is 14.5. The van der Waals surface area contributed by atoms with E-state index < -0.39 is 0 Å². The van der Waals surface area contributed by atoms with Crippen LogP contribution in [0.4, 0.5) is 0 Å². The standard InChI is InChI=1S/C27H38N2O3S/c1-3-5-16-31-19-20-6-7-23-24(20)25-22(10-13-28-26(25)33-23)32-21-8-11-27(4-2,12-9-21)29-14-17-30-18-15-29/h3,5,10,13,20-21H,4,6-9,11-12,14-19H2,1-2H3/b5-3+/t20-,21?,27?/m1/s1. The van der Waals surface area contributed by atoms with Gasteiger partial charge in [0.2, 0.25) is 0 Å². The molecule has 3 heterocycles. The Labute approximate surface area is 202 Å². The number of hydrogen-bond donors (Lipinski definition) is 0. The minimum atomic E-state index is 0.290. The van der Waals surface area contributed by atoms with Crippen LogP contribution in [-0.4, -0.2) is 61.0 Å². The topological polar surface area (TPSA) is 43.8 Å². The number of nitrogens with zero attached hydrogens (tertiary/aromatic N) is 2. The maximum atomic E-state index is 6.74. The molecule has 0 unspecified atom stereocenters. The second kappa shape index (κ2) is 10.4. The predicted octanol–water partition coefficient (Wildman–Crippen LogP) is 5.72. The molecule has 0 bridgehead atoms. The van der Waals surface area contributed by atoms with Crippen LogP contribution in [0.15, 0.2) is 24.4 Å². The monoisotopic (exact) mass is 470 g/mol. The summed E-state index contributed by atoms with van der Waals surface area (Å²) in [6, 6.07) is 2.09. The molecule has 1 saturated heterocycles. The summed E-state index contributed by atoms with van der Waals surface area (Å²) in [4.78, 5) is 10.0.